The van der Waals surface area contributed by atoms with Crippen molar-refractivity contribution < 1.29 is 8.42 Å². The first-order chi connectivity index (χ1) is 5.41. The molecule has 0 N–H and O–H groups in total. The summed E-state index contributed by atoms with van der Waals surface area (Å²) in [5, 5.41) is 0.401. The smallest absolute Gasteiger partial charge is 0.175 e. The average Bonchev–Trinajstić information content (AvgIpc) is 1.92. The Labute approximate surface area is 84.6 Å². The van der Waals surface area contributed by atoms with E-state index in [-0.39, 0.29) is 4.90 Å². The zero-order valence-corrected chi connectivity index (χ0v) is 9.37. The lowest BCUT2D eigenvalue weighted by Gasteiger charge is -1.99. The second kappa shape index (κ2) is 3.36. The number of benzene rings is 1. The monoisotopic (exact) mass is 268 g/mol. The summed E-state index contributed by atoms with van der Waals surface area (Å²) < 4.78 is 22.7. The first kappa shape index (κ1) is 10.0. The highest BCUT2D eigenvalue weighted by molar-refractivity contribution is 9.10. The summed E-state index contributed by atoms with van der Waals surface area (Å²) in [4.78, 5) is 0.232. The summed E-state index contributed by atoms with van der Waals surface area (Å²) in [5.41, 5.74) is 0. The largest absolute Gasteiger partial charge is 0.224 e. The normalized spacial score (nSPS) is 11.6. The van der Waals surface area contributed by atoms with Crippen molar-refractivity contribution in [2.45, 2.75) is 4.90 Å². The van der Waals surface area contributed by atoms with Crippen molar-refractivity contribution in [3.05, 3.63) is 27.7 Å². The van der Waals surface area contributed by atoms with Crippen LogP contribution in [0.5, 0.6) is 0 Å². The van der Waals surface area contributed by atoms with Crippen molar-refractivity contribution in [3.8, 4) is 0 Å². The Bertz CT molecular complexity index is 400. The minimum Gasteiger partial charge on any atom is -0.224 e. The Kier molecular flexibility index (Phi) is 2.81. The molecule has 0 unspecified atom stereocenters. The maximum atomic E-state index is 11.0. The van der Waals surface area contributed by atoms with Gasteiger partial charge in [0.05, 0.1) is 9.92 Å². The fourth-order valence-corrected chi connectivity index (χ4v) is 1.85. The zero-order chi connectivity index (χ0) is 9.35. The van der Waals surface area contributed by atoms with Gasteiger partial charge in [0.25, 0.3) is 0 Å². The maximum Gasteiger partial charge on any atom is 0.175 e. The fraction of sp³-hybridized carbons (Fsp3) is 0.143. The molecular weight excluding hydrogens is 263 g/mol. The summed E-state index contributed by atoms with van der Waals surface area (Å²) >= 11 is 8.88. The Hall–Kier alpha value is -0.0600. The molecule has 0 spiro atoms. The van der Waals surface area contributed by atoms with E-state index in [1.165, 1.54) is 12.1 Å². The van der Waals surface area contributed by atoms with Crippen LogP contribution in [0.25, 0.3) is 0 Å². The highest BCUT2D eigenvalue weighted by Gasteiger charge is 2.08. The van der Waals surface area contributed by atoms with E-state index in [2.05, 4.69) is 15.9 Å². The molecule has 0 saturated heterocycles. The van der Waals surface area contributed by atoms with Crippen LogP contribution >= 0.6 is 27.5 Å². The van der Waals surface area contributed by atoms with Crippen molar-refractivity contribution in [2.75, 3.05) is 6.26 Å². The molecule has 66 valence electrons. The number of halogens is 2. The van der Waals surface area contributed by atoms with Crippen molar-refractivity contribution in [1.29, 1.82) is 0 Å². The van der Waals surface area contributed by atoms with Crippen LogP contribution in [-0.4, -0.2) is 14.7 Å². The van der Waals surface area contributed by atoms with Gasteiger partial charge in [-0.15, -0.1) is 0 Å². The molecule has 1 aromatic rings. The van der Waals surface area contributed by atoms with Gasteiger partial charge < -0.3 is 0 Å². The lowest BCUT2D eigenvalue weighted by molar-refractivity contribution is 0.602. The Morgan fingerprint density at radius 3 is 2.42 bits per heavy atom. The highest BCUT2D eigenvalue weighted by atomic mass is 79.9. The summed E-state index contributed by atoms with van der Waals surface area (Å²) in [5.74, 6) is 0. The van der Waals surface area contributed by atoms with Gasteiger partial charge in [0, 0.05) is 10.7 Å². The van der Waals surface area contributed by atoms with Crippen LogP contribution in [0, 0.1) is 0 Å². The van der Waals surface area contributed by atoms with Crippen LogP contribution in [0.15, 0.2) is 27.6 Å². The molecule has 0 saturated carbocycles. The third kappa shape index (κ3) is 2.21. The second-order valence-corrected chi connectivity index (χ2v) is 5.63. The van der Waals surface area contributed by atoms with E-state index >= 15 is 0 Å². The van der Waals surface area contributed by atoms with E-state index in [9.17, 15) is 8.42 Å². The molecule has 0 heterocycles. The summed E-state index contributed by atoms with van der Waals surface area (Å²) in [7, 11) is -3.15. The van der Waals surface area contributed by atoms with E-state index in [1.54, 1.807) is 6.07 Å². The van der Waals surface area contributed by atoms with E-state index < -0.39 is 9.84 Å². The number of rotatable bonds is 1. The van der Waals surface area contributed by atoms with Crippen LogP contribution in [-0.2, 0) is 9.84 Å². The summed E-state index contributed by atoms with van der Waals surface area (Å²) in [6, 6.07) is 4.53. The zero-order valence-electron chi connectivity index (χ0n) is 6.21. The quantitative estimate of drug-likeness (QED) is 0.785. The first-order valence-electron chi connectivity index (χ1n) is 3.06. The molecule has 0 atom stereocenters. The van der Waals surface area contributed by atoms with Crippen LogP contribution in [0.2, 0.25) is 5.02 Å². The Morgan fingerprint density at radius 1 is 1.42 bits per heavy atom. The third-order valence-corrected chi connectivity index (χ3v) is 3.66. The van der Waals surface area contributed by atoms with E-state index in [0.717, 1.165) is 6.26 Å². The van der Waals surface area contributed by atoms with Gasteiger partial charge >= 0.3 is 0 Å². The minimum absolute atomic E-state index is 0.232. The summed E-state index contributed by atoms with van der Waals surface area (Å²) in [6.45, 7) is 0. The predicted octanol–water partition coefficient (Wildman–Crippen LogP) is 2.51. The number of hydrogen-bond donors (Lipinski definition) is 0. The molecule has 0 aromatic heterocycles. The Balaban J connectivity index is 3.33. The maximum absolute atomic E-state index is 11.0. The van der Waals surface area contributed by atoms with Gasteiger partial charge in [0.1, 0.15) is 0 Å². The lowest BCUT2D eigenvalue weighted by atomic mass is 10.4. The molecule has 2 nitrogen and oxygen atoms in total. The standard InChI is InChI=1S/C7H6BrClO2S/c1-12(10,11)5-2-3-6(8)7(9)4-5/h2-4H,1H3. The molecule has 1 aromatic carbocycles. The van der Waals surface area contributed by atoms with E-state index in [0.29, 0.717) is 9.50 Å². The summed E-state index contributed by atoms with van der Waals surface area (Å²) in [6.07, 6.45) is 1.15. The van der Waals surface area contributed by atoms with Gasteiger partial charge in [0.15, 0.2) is 9.84 Å². The SMILES string of the molecule is CS(=O)(=O)c1ccc(Br)c(Cl)c1. The average molecular weight is 270 g/mol. The second-order valence-electron chi connectivity index (χ2n) is 2.35. The molecule has 0 amide bonds. The van der Waals surface area contributed by atoms with Gasteiger partial charge in [-0.3, -0.25) is 0 Å². The van der Waals surface area contributed by atoms with Crippen molar-refractivity contribution in [1.82, 2.24) is 0 Å². The topological polar surface area (TPSA) is 34.1 Å². The van der Waals surface area contributed by atoms with Crippen LogP contribution < -0.4 is 0 Å². The number of sulfone groups is 1. The van der Waals surface area contributed by atoms with E-state index in [1.807, 2.05) is 0 Å². The molecule has 0 fully saturated rings. The van der Waals surface area contributed by atoms with Gasteiger partial charge in [0.2, 0.25) is 0 Å². The third-order valence-electron chi connectivity index (χ3n) is 1.32. The van der Waals surface area contributed by atoms with Crippen molar-refractivity contribution in [2.24, 2.45) is 0 Å². The first-order valence-corrected chi connectivity index (χ1v) is 6.12. The molecule has 0 bridgehead atoms. The molecule has 0 aliphatic carbocycles. The van der Waals surface area contributed by atoms with Crippen LogP contribution in [0.3, 0.4) is 0 Å². The number of hydrogen-bond acceptors (Lipinski definition) is 2. The van der Waals surface area contributed by atoms with Crippen LogP contribution in [0.4, 0.5) is 0 Å². The molecule has 12 heavy (non-hydrogen) atoms. The van der Waals surface area contributed by atoms with Crippen molar-refractivity contribution >= 4 is 37.4 Å². The Morgan fingerprint density at radius 2 is 2.00 bits per heavy atom. The predicted molar refractivity (Wildman–Crippen MR) is 52.3 cm³/mol. The van der Waals surface area contributed by atoms with Gasteiger partial charge in [-0.05, 0) is 34.1 Å². The van der Waals surface area contributed by atoms with Gasteiger partial charge in [-0.25, -0.2) is 8.42 Å². The van der Waals surface area contributed by atoms with Gasteiger partial charge in [-0.1, -0.05) is 11.6 Å². The minimum atomic E-state index is -3.15. The molecular formula is C7H6BrClO2S. The molecule has 1 rings (SSSR count). The molecule has 0 aliphatic rings. The molecule has 0 aliphatic heterocycles. The molecule has 0 radical (unpaired) electrons. The highest BCUT2D eigenvalue weighted by Crippen LogP contribution is 2.24. The van der Waals surface area contributed by atoms with Gasteiger partial charge in [-0.2, -0.15) is 0 Å². The lowest BCUT2D eigenvalue weighted by Crippen LogP contribution is -1.96. The van der Waals surface area contributed by atoms with Crippen molar-refractivity contribution in [3.63, 3.8) is 0 Å². The van der Waals surface area contributed by atoms with Crippen LogP contribution in [0.1, 0.15) is 0 Å². The molecule has 5 heteroatoms. The fourth-order valence-electron chi connectivity index (χ4n) is 0.707. The van der Waals surface area contributed by atoms with E-state index in [4.69, 9.17) is 11.6 Å².